The van der Waals surface area contributed by atoms with Crippen molar-refractivity contribution in [1.82, 2.24) is 14.4 Å². The summed E-state index contributed by atoms with van der Waals surface area (Å²) in [7, 11) is 6.57. The van der Waals surface area contributed by atoms with Crippen LogP contribution < -0.4 is 9.99 Å². The van der Waals surface area contributed by atoms with Crippen molar-refractivity contribution in [3.8, 4) is 0 Å². The molecular formula is C14H27N5P+. The Hall–Kier alpha value is -0.710. The Bertz CT molecular complexity index is 456. The van der Waals surface area contributed by atoms with E-state index in [4.69, 9.17) is 4.74 Å². The predicted molar refractivity (Wildman–Crippen MR) is 86.4 cm³/mol. The molecule has 20 heavy (non-hydrogen) atoms. The molecule has 1 heterocycles. The minimum Gasteiger partial charge on any atom is -0.325 e. The van der Waals surface area contributed by atoms with Crippen LogP contribution in [0.5, 0.6) is 0 Å². The van der Waals surface area contributed by atoms with Gasteiger partial charge in [0.25, 0.3) is 0 Å². The quantitative estimate of drug-likeness (QED) is 0.579. The molecule has 0 atom stereocenters. The molecule has 6 heteroatoms. The van der Waals surface area contributed by atoms with E-state index < -0.39 is 7.51 Å². The van der Waals surface area contributed by atoms with Gasteiger partial charge in [-0.3, -0.25) is 14.4 Å². The molecule has 1 aliphatic heterocycles. The molecule has 0 spiro atoms. The summed E-state index contributed by atoms with van der Waals surface area (Å²) in [6, 6.07) is 10.2. The lowest BCUT2D eigenvalue weighted by Crippen LogP contribution is -2.93. The van der Waals surface area contributed by atoms with Crippen molar-refractivity contribution >= 4 is 13.2 Å². The highest BCUT2D eigenvalue weighted by molar-refractivity contribution is 7.59. The highest BCUT2D eigenvalue weighted by Crippen LogP contribution is 2.51. The topological polar surface area (TPSA) is 35.3 Å². The van der Waals surface area contributed by atoms with Crippen molar-refractivity contribution in [3.05, 3.63) is 30.3 Å². The van der Waals surface area contributed by atoms with Crippen molar-refractivity contribution in [2.45, 2.75) is 0 Å². The summed E-state index contributed by atoms with van der Waals surface area (Å²) < 4.78 is 9.52. The third-order valence-electron chi connectivity index (χ3n) is 3.53. The van der Waals surface area contributed by atoms with Gasteiger partial charge < -0.3 is 4.90 Å². The van der Waals surface area contributed by atoms with Gasteiger partial charge in [0.15, 0.2) is 7.51 Å². The number of nitrogens with zero attached hydrogens (tertiary/aromatic N) is 3. The lowest BCUT2D eigenvalue weighted by molar-refractivity contribution is -0.756. The Kier molecular flexibility index (Phi) is 5.35. The zero-order valence-electron chi connectivity index (χ0n) is 13.0. The molecule has 2 rings (SSSR count). The Morgan fingerprint density at radius 2 is 1.70 bits per heavy atom. The van der Waals surface area contributed by atoms with E-state index in [-0.39, 0.29) is 0 Å². The fourth-order valence-corrected chi connectivity index (χ4v) is 4.81. The average molecular weight is 296 g/mol. The van der Waals surface area contributed by atoms with E-state index in [0.29, 0.717) is 0 Å². The fraction of sp³-hybridized carbons (Fsp3) is 0.571. The average Bonchev–Trinajstić information content (AvgIpc) is 3.22. The second kappa shape index (κ2) is 6.83. The van der Waals surface area contributed by atoms with Gasteiger partial charge in [-0.2, -0.15) is 0 Å². The van der Waals surface area contributed by atoms with Crippen LogP contribution in [0, 0.1) is 0 Å². The Morgan fingerprint density at radius 1 is 1.10 bits per heavy atom. The molecule has 1 aliphatic rings. The van der Waals surface area contributed by atoms with E-state index >= 15 is 0 Å². The van der Waals surface area contributed by atoms with Crippen LogP contribution >= 0.6 is 7.51 Å². The number of benzene rings is 1. The van der Waals surface area contributed by atoms with Crippen molar-refractivity contribution in [2.75, 3.05) is 54.4 Å². The van der Waals surface area contributed by atoms with Crippen molar-refractivity contribution in [1.29, 1.82) is 0 Å². The standard InChI is InChI=1S/C14H26N5P/c1-17(2)20(18(3)4,15-10-11-19-12-13-19)16-14-8-6-5-7-9-14/h5-9,15H,10-13H2,1-4H3/p+1. The summed E-state index contributed by atoms with van der Waals surface area (Å²) in [5, 5.41) is 3.73. The minimum atomic E-state index is -1.86. The van der Waals surface area contributed by atoms with Gasteiger partial charge >= 0.3 is 0 Å². The maximum absolute atomic E-state index is 5.05. The summed E-state index contributed by atoms with van der Waals surface area (Å²) >= 11 is 0. The lowest BCUT2D eigenvalue weighted by atomic mass is 10.3. The van der Waals surface area contributed by atoms with Gasteiger partial charge in [0.2, 0.25) is 0 Å². The molecule has 5 nitrogen and oxygen atoms in total. The smallest absolute Gasteiger partial charge is 0.169 e. The second-order valence-corrected chi connectivity index (χ2v) is 8.86. The maximum Gasteiger partial charge on any atom is 0.169 e. The number of quaternary nitrogens is 1. The van der Waals surface area contributed by atoms with Crippen LogP contribution in [0.4, 0.5) is 5.69 Å². The molecule has 0 aliphatic carbocycles. The van der Waals surface area contributed by atoms with Crippen LogP contribution in [-0.4, -0.2) is 63.7 Å². The van der Waals surface area contributed by atoms with Crippen molar-refractivity contribution in [3.63, 3.8) is 0 Å². The van der Waals surface area contributed by atoms with Crippen molar-refractivity contribution in [2.24, 2.45) is 4.74 Å². The normalized spacial score (nSPS) is 15.9. The number of rotatable bonds is 7. The summed E-state index contributed by atoms with van der Waals surface area (Å²) in [4.78, 5) is 1.69. The van der Waals surface area contributed by atoms with Crippen LogP contribution in [0.2, 0.25) is 0 Å². The molecule has 1 aromatic carbocycles. The number of hydrogen-bond acceptors (Lipinski definition) is 1. The minimum absolute atomic E-state index is 1.01. The van der Waals surface area contributed by atoms with E-state index in [1.54, 1.807) is 4.90 Å². The molecule has 1 saturated heterocycles. The van der Waals surface area contributed by atoms with Gasteiger partial charge in [0, 0.05) is 0 Å². The van der Waals surface area contributed by atoms with Crippen LogP contribution in [0.25, 0.3) is 0 Å². The summed E-state index contributed by atoms with van der Waals surface area (Å²) in [5.41, 5.74) is 1.04. The summed E-state index contributed by atoms with van der Waals surface area (Å²) in [6.45, 7) is 4.85. The van der Waals surface area contributed by atoms with Crippen LogP contribution in [-0.2, 0) is 0 Å². The Morgan fingerprint density at radius 3 is 2.20 bits per heavy atom. The molecule has 0 bridgehead atoms. The van der Waals surface area contributed by atoms with Crippen LogP contribution in [0.3, 0.4) is 0 Å². The predicted octanol–water partition coefficient (Wildman–Crippen LogP) is 0.876. The van der Waals surface area contributed by atoms with Gasteiger partial charge in [-0.15, -0.1) is 0 Å². The molecule has 0 radical (unpaired) electrons. The van der Waals surface area contributed by atoms with Gasteiger partial charge in [-0.1, -0.05) is 18.2 Å². The van der Waals surface area contributed by atoms with E-state index in [1.165, 1.54) is 19.6 Å². The summed E-state index contributed by atoms with van der Waals surface area (Å²) in [5.74, 6) is 0. The SMILES string of the molecule is CN(C)P(=Nc1ccccc1)(NCC[NH+]1CC1)N(C)C. The van der Waals surface area contributed by atoms with Crippen LogP contribution in [0.15, 0.2) is 35.1 Å². The molecular weight excluding hydrogens is 269 g/mol. The fourth-order valence-electron chi connectivity index (χ4n) is 2.23. The van der Waals surface area contributed by atoms with Gasteiger partial charge in [-0.05, 0) is 40.3 Å². The third-order valence-corrected chi connectivity index (χ3v) is 6.92. The molecule has 0 saturated carbocycles. The van der Waals surface area contributed by atoms with Crippen LogP contribution in [0.1, 0.15) is 0 Å². The molecule has 0 amide bonds. The molecule has 1 fully saturated rings. The third kappa shape index (κ3) is 3.90. The summed E-state index contributed by atoms with van der Waals surface area (Å²) in [6.07, 6.45) is 0. The highest BCUT2D eigenvalue weighted by atomic mass is 31.2. The van der Waals surface area contributed by atoms with Gasteiger partial charge in [0.1, 0.15) is 13.1 Å². The lowest BCUT2D eigenvalue weighted by Gasteiger charge is -2.36. The first-order valence-electron chi connectivity index (χ1n) is 7.16. The Labute approximate surface area is 122 Å². The zero-order valence-corrected chi connectivity index (χ0v) is 13.9. The van der Waals surface area contributed by atoms with Crippen molar-refractivity contribution < 1.29 is 4.90 Å². The first-order valence-corrected chi connectivity index (χ1v) is 8.81. The Balaban J connectivity index is 2.23. The van der Waals surface area contributed by atoms with E-state index in [2.05, 4.69) is 54.8 Å². The largest absolute Gasteiger partial charge is 0.325 e. The maximum atomic E-state index is 5.05. The highest BCUT2D eigenvalue weighted by Gasteiger charge is 2.28. The zero-order chi connectivity index (χ0) is 14.6. The van der Waals surface area contributed by atoms with Gasteiger partial charge in [-0.25, -0.2) is 4.74 Å². The van der Waals surface area contributed by atoms with Gasteiger partial charge in [0.05, 0.1) is 18.8 Å². The van der Waals surface area contributed by atoms with E-state index in [0.717, 1.165) is 12.2 Å². The van der Waals surface area contributed by atoms with E-state index in [9.17, 15) is 0 Å². The molecule has 0 aromatic heterocycles. The molecule has 0 unspecified atom stereocenters. The second-order valence-electron chi connectivity index (χ2n) is 5.61. The van der Waals surface area contributed by atoms with E-state index in [1.807, 2.05) is 18.2 Å². The first kappa shape index (κ1) is 15.7. The molecule has 2 N–H and O–H groups in total. The molecule has 112 valence electrons. The molecule has 1 aromatic rings. The number of nitrogens with one attached hydrogen (secondary N) is 2. The monoisotopic (exact) mass is 296 g/mol. The first-order chi connectivity index (χ1) is 9.54. The number of hydrogen-bond donors (Lipinski definition) is 2.